The van der Waals surface area contributed by atoms with Crippen molar-refractivity contribution in [3.63, 3.8) is 0 Å². The van der Waals surface area contributed by atoms with Gasteiger partial charge in [0.05, 0.1) is 17.6 Å². The number of hydrogen-bond acceptors (Lipinski definition) is 6. The monoisotopic (exact) mass is 268 g/mol. The average Bonchev–Trinajstić information content (AvgIpc) is 2.68. The minimum Gasteiger partial charge on any atom is -0.265 e. The van der Waals surface area contributed by atoms with Crippen LogP contribution in [0.15, 0.2) is 24.5 Å². The average molecular weight is 268 g/mol. The minimum absolute atomic E-state index is 0.115. The van der Waals surface area contributed by atoms with E-state index in [2.05, 4.69) is 19.4 Å². The molecule has 2 aromatic rings. The van der Waals surface area contributed by atoms with Gasteiger partial charge in [-0.3, -0.25) is 9.17 Å². The van der Waals surface area contributed by atoms with Gasteiger partial charge >= 0.3 is 0 Å². The van der Waals surface area contributed by atoms with Gasteiger partial charge in [-0.1, -0.05) is 0 Å². The molecule has 18 heavy (non-hydrogen) atoms. The van der Waals surface area contributed by atoms with E-state index in [0.29, 0.717) is 11.4 Å². The van der Waals surface area contributed by atoms with Crippen LogP contribution in [0.25, 0.3) is 5.69 Å². The van der Waals surface area contributed by atoms with Crippen molar-refractivity contribution < 1.29 is 12.6 Å². The van der Waals surface area contributed by atoms with Gasteiger partial charge in [-0.15, -0.1) is 0 Å². The molecule has 8 heteroatoms. The van der Waals surface area contributed by atoms with Crippen LogP contribution < -0.4 is 0 Å². The zero-order valence-corrected chi connectivity index (χ0v) is 10.8. The lowest BCUT2D eigenvalue weighted by Crippen LogP contribution is -2.04. The second-order valence-electron chi connectivity index (χ2n) is 3.69. The van der Waals surface area contributed by atoms with Crippen LogP contribution in [0, 0.1) is 6.92 Å². The molecule has 0 aliphatic heterocycles. The second kappa shape index (κ2) is 4.83. The van der Waals surface area contributed by atoms with Crippen LogP contribution in [0.2, 0.25) is 0 Å². The highest BCUT2D eigenvalue weighted by Gasteiger charge is 2.11. The Kier molecular flexibility index (Phi) is 3.39. The molecule has 0 fully saturated rings. The third-order valence-corrected chi connectivity index (χ3v) is 2.73. The third kappa shape index (κ3) is 3.11. The van der Waals surface area contributed by atoms with Gasteiger partial charge in [0.25, 0.3) is 10.1 Å². The predicted molar refractivity (Wildman–Crippen MR) is 63.5 cm³/mol. The Morgan fingerprint density at radius 3 is 2.56 bits per heavy atom. The van der Waals surface area contributed by atoms with Gasteiger partial charge in [0.2, 0.25) is 0 Å². The molecule has 0 bridgehead atoms. The zero-order chi connectivity index (χ0) is 13.2. The Bertz CT molecular complexity index is 636. The van der Waals surface area contributed by atoms with Crippen molar-refractivity contribution >= 4 is 10.1 Å². The van der Waals surface area contributed by atoms with Crippen molar-refractivity contribution in [1.29, 1.82) is 0 Å². The maximum absolute atomic E-state index is 10.9. The van der Waals surface area contributed by atoms with Crippen molar-refractivity contribution in [2.75, 3.05) is 6.26 Å². The van der Waals surface area contributed by atoms with E-state index in [9.17, 15) is 8.42 Å². The molecular weight excluding hydrogens is 256 g/mol. The molecule has 2 aromatic heterocycles. The molecule has 7 nitrogen and oxygen atoms in total. The van der Waals surface area contributed by atoms with E-state index in [4.69, 9.17) is 0 Å². The normalized spacial score (nSPS) is 11.7. The lowest BCUT2D eigenvalue weighted by atomic mass is 10.4. The van der Waals surface area contributed by atoms with Crippen molar-refractivity contribution in [2.45, 2.75) is 13.5 Å². The lowest BCUT2D eigenvalue weighted by Gasteiger charge is -1.98. The molecule has 0 aliphatic carbocycles. The Morgan fingerprint density at radius 1 is 1.28 bits per heavy atom. The first-order valence-electron chi connectivity index (χ1n) is 5.13. The molecule has 0 atom stereocenters. The zero-order valence-electron chi connectivity index (χ0n) is 9.94. The molecule has 0 spiro atoms. The highest BCUT2D eigenvalue weighted by Crippen LogP contribution is 2.09. The maximum atomic E-state index is 10.9. The first-order valence-corrected chi connectivity index (χ1v) is 6.95. The molecular formula is C10H12N4O3S. The van der Waals surface area contributed by atoms with Crippen molar-refractivity contribution in [1.82, 2.24) is 20.0 Å². The van der Waals surface area contributed by atoms with Crippen LogP contribution in [-0.4, -0.2) is 34.7 Å². The fourth-order valence-corrected chi connectivity index (χ4v) is 1.62. The van der Waals surface area contributed by atoms with E-state index in [1.54, 1.807) is 31.5 Å². The predicted octanol–water partition coefficient (Wildman–Crippen LogP) is 0.447. The Hall–Kier alpha value is -1.80. The first kappa shape index (κ1) is 12.7. The molecule has 2 rings (SSSR count). The largest absolute Gasteiger partial charge is 0.265 e. The van der Waals surface area contributed by atoms with Gasteiger partial charge in [-0.2, -0.15) is 23.4 Å². The summed E-state index contributed by atoms with van der Waals surface area (Å²) in [4.78, 5) is 5.31. The van der Waals surface area contributed by atoms with Crippen LogP contribution in [0.5, 0.6) is 0 Å². The lowest BCUT2D eigenvalue weighted by molar-refractivity contribution is 0.305. The van der Waals surface area contributed by atoms with Gasteiger partial charge in [0.1, 0.15) is 12.3 Å². The van der Waals surface area contributed by atoms with E-state index in [1.165, 1.54) is 4.80 Å². The van der Waals surface area contributed by atoms with E-state index >= 15 is 0 Å². The summed E-state index contributed by atoms with van der Waals surface area (Å²) in [7, 11) is -3.48. The maximum Gasteiger partial charge on any atom is 0.264 e. The fourth-order valence-electron chi connectivity index (χ4n) is 1.30. The van der Waals surface area contributed by atoms with Gasteiger partial charge in [-0.05, 0) is 19.1 Å². The third-order valence-electron chi connectivity index (χ3n) is 2.18. The molecule has 96 valence electrons. The molecule has 0 N–H and O–H groups in total. The van der Waals surface area contributed by atoms with Gasteiger partial charge < -0.3 is 0 Å². The molecule has 0 aromatic carbocycles. The summed E-state index contributed by atoms with van der Waals surface area (Å²) in [5, 5.41) is 8.36. The molecule has 0 amide bonds. The van der Waals surface area contributed by atoms with Gasteiger partial charge in [0, 0.05) is 12.4 Å². The summed E-state index contributed by atoms with van der Waals surface area (Å²) >= 11 is 0. The molecule has 0 saturated carbocycles. The SMILES string of the molecule is Cc1nn(-c2ccncc2)nc1COS(C)(=O)=O. The van der Waals surface area contributed by atoms with Crippen molar-refractivity contribution in [3.8, 4) is 5.69 Å². The summed E-state index contributed by atoms with van der Waals surface area (Å²) < 4.78 is 26.5. The van der Waals surface area contributed by atoms with E-state index in [-0.39, 0.29) is 6.61 Å². The molecule has 0 radical (unpaired) electrons. The Morgan fingerprint density at radius 2 is 1.94 bits per heavy atom. The summed E-state index contributed by atoms with van der Waals surface area (Å²) in [6.45, 7) is 1.63. The molecule has 0 saturated heterocycles. The van der Waals surface area contributed by atoms with Crippen LogP contribution in [0.1, 0.15) is 11.4 Å². The van der Waals surface area contributed by atoms with Crippen LogP contribution in [0.3, 0.4) is 0 Å². The van der Waals surface area contributed by atoms with Crippen LogP contribution in [-0.2, 0) is 20.9 Å². The molecule has 0 aliphatic rings. The van der Waals surface area contributed by atoms with Crippen LogP contribution >= 0.6 is 0 Å². The van der Waals surface area contributed by atoms with Gasteiger partial charge in [0.15, 0.2) is 0 Å². The second-order valence-corrected chi connectivity index (χ2v) is 5.34. The van der Waals surface area contributed by atoms with Crippen molar-refractivity contribution in [2.24, 2.45) is 0 Å². The topological polar surface area (TPSA) is 87.0 Å². The number of aromatic nitrogens is 4. The van der Waals surface area contributed by atoms with Crippen LogP contribution in [0.4, 0.5) is 0 Å². The summed E-state index contributed by atoms with van der Waals surface area (Å²) in [5.41, 5.74) is 1.85. The quantitative estimate of drug-likeness (QED) is 0.748. The van der Waals surface area contributed by atoms with Crippen molar-refractivity contribution in [3.05, 3.63) is 35.9 Å². The first-order chi connectivity index (χ1) is 8.46. The number of hydrogen-bond donors (Lipinski definition) is 0. The summed E-state index contributed by atoms with van der Waals surface area (Å²) in [6.07, 6.45) is 4.25. The van der Waals surface area contributed by atoms with E-state index < -0.39 is 10.1 Å². The molecule has 2 heterocycles. The molecule has 0 unspecified atom stereocenters. The van der Waals surface area contributed by atoms with E-state index in [1.807, 2.05) is 0 Å². The minimum atomic E-state index is -3.48. The van der Waals surface area contributed by atoms with Gasteiger partial charge in [-0.25, -0.2) is 0 Å². The smallest absolute Gasteiger partial charge is 0.264 e. The summed E-state index contributed by atoms with van der Waals surface area (Å²) in [5.74, 6) is 0. The summed E-state index contributed by atoms with van der Waals surface area (Å²) in [6, 6.07) is 3.50. The van der Waals surface area contributed by atoms with E-state index in [0.717, 1.165) is 11.9 Å². The number of nitrogens with zero attached hydrogens (tertiary/aromatic N) is 4. The highest BCUT2D eigenvalue weighted by atomic mass is 32.2. The highest BCUT2D eigenvalue weighted by molar-refractivity contribution is 7.85. The fraction of sp³-hybridized carbons (Fsp3) is 0.300. The Balaban J connectivity index is 2.23. The number of aryl methyl sites for hydroxylation is 1. The Labute approximate surface area is 105 Å². The number of rotatable bonds is 4. The standard InChI is InChI=1S/C10H12N4O3S/c1-8-10(7-17-18(2,15)16)13-14(12-8)9-3-5-11-6-4-9/h3-6H,7H2,1-2H3. The number of pyridine rings is 1.